The third-order valence-electron chi connectivity index (χ3n) is 10.3. The number of halogens is 2. The van der Waals surface area contributed by atoms with E-state index in [4.69, 9.17) is 0 Å². The molecule has 0 aliphatic heterocycles. The summed E-state index contributed by atoms with van der Waals surface area (Å²) >= 11 is 7.76. The van der Waals surface area contributed by atoms with Gasteiger partial charge in [0.25, 0.3) is 0 Å². The van der Waals surface area contributed by atoms with Gasteiger partial charge >= 0.3 is 0 Å². The van der Waals surface area contributed by atoms with Gasteiger partial charge < -0.3 is 0 Å². The molecular formula is C35H26Br2. The second-order valence-corrected chi connectivity index (χ2v) is 13.5. The molecule has 0 heterocycles. The van der Waals surface area contributed by atoms with Crippen molar-refractivity contribution >= 4 is 31.9 Å². The molecule has 5 unspecified atom stereocenters. The van der Waals surface area contributed by atoms with Crippen LogP contribution in [0.5, 0.6) is 0 Å². The van der Waals surface area contributed by atoms with Crippen LogP contribution >= 0.6 is 31.9 Å². The van der Waals surface area contributed by atoms with Crippen LogP contribution in [0.4, 0.5) is 0 Å². The second-order valence-electron chi connectivity index (χ2n) is 11.6. The third-order valence-corrected chi connectivity index (χ3v) is 11.3. The standard InChI is InChI=1S/C35H26Br2/c36-19-12-14-23-24-15-13-20(37)17-31(24)35(30(23)16-19)29-11-4-3-8-26(29)34-27-10-5-9-25-21-6-1-2-7-22(21)28(33(25)27)18-32(34)35/h1,3-4,6,8-9,11-18,23,27,30,34H,2,5,7,10H2. The molecule has 0 nitrogen and oxygen atoms in total. The fourth-order valence-electron chi connectivity index (χ4n) is 9.16. The van der Waals surface area contributed by atoms with Gasteiger partial charge in [-0.05, 0) is 99.4 Å². The van der Waals surface area contributed by atoms with Crippen LogP contribution in [0.1, 0.15) is 59.8 Å². The Morgan fingerprint density at radius 1 is 0.892 bits per heavy atom. The fraction of sp³-hybridized carbons (Fsp3) is 0.257. The maximum absolute atomic E-state index is 3.89. The minimum absolute atomic E-state index is 0.136. The highest BCUT2D eigenvalue weighted by atomic mass is 79.9. The first-order valence-electron chi connectivity index (χ1n) is 13.7. The van der Waals surface area contributed by atoms with Gasteiger partial charge in [0, 0.05) is 32.1 Å². The average Bonchev–Trinajstić information content (AvgIpc) is 3.51. The molecule has 7 aliphatic carbocycles. The third kappa shape index (κ3) is 2.51. The van der Waals surface area contributed by atoms with Crippen LogP contribution in [0.25, 0.3) is 0 Å². The molecule has 9 rings (SSSR count). The highest BCUT2D eigenvalue weighted by molar-refractivity contribution is 9.12. The van der Waals surface area contributed by atoms with Crippen molar-refractivity contribution in [3.63, 3.8) is 0 Å². The molecule has 0 saturated carbocycles. The van der Waals surface area contributed by atoms with Gasteiger partial charge in [0.15, 0.2) is 0 Å². The Bertz CT molecular complexity index is 1670. The molecule has 7 aliphatic rings. The smallest absolute Gasteiger partial charge is 0.0498 e. The van der Waals surface area contributed by atoms with Crippen LogP contribution in [0.15, 0.2) is 127 Å². The van der Waals surface area contributed by atoms with Gasteiger partial charge in [-0.2, -0.15) is 0 Å². The van der Waals surface area contributed by atoms with Crippen molar-refractivity contribution in [1.29, 1.82) is 0 Å². The Morgan fingerprint density at radius 2 is 1.81 bits per heavy atom. The minimum atomic E-state index is -0.136. The van der Waals surface area contributed by atoms with Crippen LogP contribution in [0.3, 0.4) is 0 Å². The molecule has 2 heteroatoms. The lowest BCUT2D eigenvalue weighted by atomic mass is 9.60. The van der Waals surface area contributed by atoms with E-state index in [0.717, 1.165) is 6.42 Å². The van der Waals surface area contributed by atoms with E-state index in [9.17, 15) is 0 Å². The average molecular weight is 606 g/mol. The molecule has 2 aromatic rings. The van der Waals surface area contributed by atoms with E-state index in [0.29, 0.717) is 23.7 Å². The molecule has 2 aromatic carbocycles. The maximum Gasteiger partial charge on any atom is 0.0498 e. The molecule has 0 saturated heterocycles. The van der Waals surface area contributed by atoms with Gasteiger partial charge in [0.1, 0.15) is 0 Å². The summed E-state index contributed by atoms with van der Waals surface area (Å²) in [4.78, 5) is 0. The molecule has 5 atom stereocenters. The SMILES string of the molecule is BrC1=CC2C(C=C1)c1ccc(Br)cc1C21C2=CC3=C4C(=CCCC4C2c2ccccc21)C1=C3CCC=C1. The van der Waals surface area contributed by atoms with Crippen LogP contribution in [-0.4, -0.2) is 0 Å². The number of fused-ring (bicyclic) bond motifs is 13. The van der Waals surface area contributed by atoms with Gasteiger partial charge in [0.05, 0.1) is 0 Å². The molecular weight excluding hydrogens is 580 g/mol. The number of rotatable bonds is 0. The summed E-state index contributed by atoms with van der Waals surface area (Å²) in [5.41, 5.74) is 15.5. The van der Waals surface area contributed by atoms with E-state index in [2.05, 4.69) is 117 Å². The van der Waals surface area contributed by atoms with E-state index < -0.39 is 0 Å². The number of hydrogen-bond donors (Lipinski definition) is 0. The molecule has 0 radical (unpaired) electrons. The van der Waals surface area contributed by atoms with Gasteiger partial charge in [-0.3, -0.25) is 0 Å². The van der Waals surface area contributed by atoms with Crippen molar-refractivity contribution in [3.05, 3.63) is 150 Å². The van der Waals surface area contributed by atoms with Crippen LogP contribution in [0.2, 0.25) is 0 Å². The van der Waals surface area contributed by atoms with Gasteiger partial charge in [-0.25, -0.2) is 0 Å². The topological polar surface area (TPSA) is 0 Å². The Labute approximate surface area is 235 Å². The summed E-state index contributed by atoms with van der Waals surface area (Å²) in [7, 11) is 0. The highest BCUT2D eigenvalue weighted by Gasteiger charge is 2.62. The van der Waals surface area contributed by atoms with Crippen LogP contribution < -0.4 is 0 Å². The molecule has 180 valence electrons. The minimum Gasteiger partial charge on any atom is -0.0836 e. The van der Waals surface area contributed by atoms with Crippen molar-refractivity contribution in [2.75, 3.05) is 0 Å². The second kappa shape index (κ2) is 7.36. The monoisotopic (exact) mass is 604 g/mol. The molecule has 0 amide bonds. The number of allylic oxidation sites excluding steroid dienone is 14. The van der Waals surface area contributed by atoms with Crippen molar-refractivity contribution in [2.45, 2.75) is 42.9 Å². The normalized spacial score (nSPS) is 33.4. The zero-order chi connectivity index (χ0) is 24.5. The Balaban J connectivity index is 1.40. The summed E-state index contributed by atoms with van der Waals surface area (Å²) in [5.74, 6) is 1.78. The molecule has 0 N–H and O–H groups in total. The molecule has 0 bridgehead atoms. The van der Waals surface area contributed by atoms with Gasteiger partial charge in [-0.1, -0.05) is 105 Å². The predicted molar refractivity (Wildman–Crippen MR) is 158 cm³/mol. The van der Waals surface area contributed by atoms with E-state index in [-0.39, 0.29) is 5.41 Å². The predicted octanol–water partition coefficient (Wildman–Crippen LogP) is 9.63. The van der Waals surface area contributed by atoms with Crippen molar-refractivity contribution < 1.29 is 0 Å². The quantitative estimate of drug-likeness (QED) is 0.280. The number of hydrogen-bond acceptors (Lipinski definition) is 0. The first-order chi connectivity index (χ1) is 18.2. The Morgan fingerprint density at radius 3 is 2.76 bits per heavy atom. The maximum atomic E-state index is 3.89. The first kappa shape index (κ1) is 21.5. The Hall–Kier alpha value is -2.42. The lowest BCUT2D eigenvalue weighted by Gasteiger charge is -2.42. The zero-order valence-electron chi connectivity index (χ0n) is 20.5. The van der Waals surface area contributed by atoms with E-state index in [1.807, 2.05) is 0 Å². The molecule has 1 spiro atoms. The summed E-state index contributed by atoms with van der Waals surface area (Å²) < 4.78 is 2.39. The van der Waals surface area contributed by atoms with E-state index >= 15 is 0 Å². The Kier molecular flexibility index (Phi) is 4.28. The molecule has 0 aromatic heterocycles. The fourth-order valence-corrected chi connectivity index (χ4v) is 9.96. The van der Waals surface area contributed by atoms with E-state index in [1.165, 1.54) is 44.9 Å². The summed E-state index contributed by atoms with van der Waals surface area (Å²) in [6.45, 7) is 0. The van der Waals surface area contributed by atoms with Gasteiger partial charge in [0.2, 0.25) is 0 Å². The summed E-state index contributed by atoms with van der Waals surface area (Å²) in [6, 6.07) is 16.5. The summed E-state index contributed by atoms with van der Waals surface area (Å²) in [6.07, 6.45) is 22.1. The largest absolute Gasteiger partial charge is 0.0836 e. The van der Waals surface area contributed by atoms with Crippen molar-refractivity contribution in [2.24, 2.45) is 11.8 Å². The van der Waals surface area contributed by atoms with Crippen LogP contribution in [0, 0.1) is 11.8 Å². The first-order valence-corrected chi connectivity index (χ1v) is 15.3. The lowest BCUT2D eigenvalue weighted by molar-refractivity contribution is 0.416. The zero-order valence-corrected chi connectivity index (χ0v) is 23.6. The highest BCUT2D eigenvalue weighted by Crippen LogP contribution is 2.71. The molecule has 0 fully saturated rings. The molecule has 37 heavy (non-hydrogen) atoms. The summed E-state index contributed by atoms with van der Waals surface area (Å²) in [5, 5.41) is 0. The van der Waals surface area contributed by atoms with Crippen molar-refractivity contribution in [3.8, 4) is 0 Å². The van der Waals surface area contributed by atoms with E-state index in [1.54, 1.807) is 39.0 Å². The van der Waals surface area contributed by atoms with Crippen molar-refractivity contribution in [1.82, 2.24) is 0 Å². The number of benzene rings is 2. The lowest BCUT2D eigenvalue weighted by Crippen LogP contribution is -2.36. The van der Waals surface area contributed by atoms with Crippen LogP contribution in [-0.2, 0) is 5.41 Å². The van der Waals surface area contributed by atoms with Gasteiger partial charge in [-0.15, -0.1) is 0 Å².